The topological polar surface area (TPSA) is 29.3 Å². The number of hydrogen-bond donors (Lipinski definition) is 1. The second-order valence-corrected chi connectivity index (χ2v) is 7.45. The molecule has 1 heterocycles. The van der Waals surface area contributed by atoms with Gasteiger partial charge in [-0.15, -0.1) is 0 Å². The van der Waals surface area contributed by atoms with Gasteiger partial charge < -0.3 is 5.73 Å². The van der Waals surface area contributed by atoms with E-state index in [0.29, 0.717) is 5.54 Å². The summed E-state index contributed by atoms with van der Waals surface area (Å²) in [4.78, 5) is 2.77. The molecular weight excluding hydrogens is 240 g/mol. The molecule has 0 aromatic carbocycles. The summed E-state index contributed by atoms with van der Waals surface area (Å²) in [5, 5.41) is 0.840. The van der Waals surface area contributed by atoms with Gasteiger partial charge in [0.2, 0.25) is 0 Å². The van der Waals surface area contributed by atoms with E-state index in [9.17, 15) is 0 Å². The van der Waals surface area contributed by atoms with Crippen LogP contribution in [0.15, 0.2) is 0 Å². The van der Waals surface area contributed by atoms with E-state index in [0.717, 1.165) is 11.8 Å². The van der Waals surface area contributed by atoms with E-state index in [2.05, 4.69) is 23.6 Å². The third kappa shape index (κ3) is 3.43. The van der Waals surface area contributed by atoms with Crippen LogP contribution in [0.3, 0.4) is 0 Å². The van der Waals surface area contributed by atoms with Gasteiger partial charge in [0, 0.05) is 36.2 Å². The Morgan fingerprint density at radius 2 is 1.83 bits per heavy atom. The summed E-state index contributed by atoms with van der Waals surface area (Å²) in [7, 11) is 0. The maximum absolute atomic E-state index is 6.23. The molecule has 2 N–H and O–H groups in total. The molecule has 0 aromatic heterocycles. The quantitative estimate of drug-likeness (QED) is 0.853. The van der Waals surface area contributed by atoms with Crippen molar-refractivity contribution in [2.75, 3.05) is 25.4 Å². The molecule has 2 rings (SSSR count). The molecule has 2 nitrogen and oxygen atoms in total. The number of rotatable bonds is 3. The van der Waals surface area contributed by atoms with E-state index in [1.165, 1.54) is 70.2 Å². The number of hydrogen-bond acceptors (Lipinski definition) is 3. The van der Waals surface area contributed by atoms with Gasteiger partial charge in [0.15, 0.2) is 0 Å². The highest BCUT2D eigenvalue weighted by Crippen LogP contribution is 2.34. The second-order valence-electron chi connectivity index (χ2n) is 6.04. The lowest BCUT2D eigenvalue weighted by Gasteiger charge is -2.48. The van der Waals surface area contributed by atoms with Crippen LogP contribution >= 0.6 is 11.8 Å². The Labute approximate surface area is 117 Å². The molecular formula is C15H30N2S. The minimum atomic E-state index is 0.342. The fourth-order valence-corrected chi connectivity index (χ4v) is 4.79. The van der Waals surface area contributed by atoms with Crippen molar-refractivity contribution in [2.24, 2.45) is 5.73 Å². The Morgan fingerprint density at radius 3 is 2.44 bits per heavy atom. The lowest BCUT2D eigenvalue weighted by molar-refractivity contribution is 0.0696. The van der Waals surface area contributed by atoms with Gasteiger partial charge in [-0.05, 0) is 19.3 Å². The first-order valence-corrected chi connectivity index (χ1v) is 8.92. The summed E-state index contributed by atoms with van der Waals surface area (Å²) < 4.78 is 0. The van der Waals surface area contributed by atoms with Crippen LogP contribution in [0.2, 0.25) is 0 Å². The summed E-state index contributed by atoms with van der Waals surface area (Å²) in [6.07, 6.45) is 11.0. The first-order valence-electron chi connectivity index (χ1n) is 7.87. The fourth-order valence-electron chi connectivity index (χ4n) is 3.61. The molecule has 1 saturated carbocycles. The normalized spacial score (nSPS) is 30.7. The van der Waals surface area contributed by atoms with Crippen LogP contribution in [0.1, 0.15) is 58.3 Å². The van der Waals surface area contributed by atoms with Crippen molar-refractivity contribution in [3.8, 4) is 0 Å². The van der Waals surface area contributed by atoms with Crippen molar-refractivity contribution in [3.05, 3.63) is 0 Å². The fraction of sp³-hybridized carbons (Fsp3) is 1.00. The van der Waals surface area contributed by atoms with Gasteiger partial charge in [-0.3, -0.25) is 4.90 Å². The smallest absolute Gasteiger partial charge is 0.0332 e. The van der Waals surface area contributed by atoms with Gasteiger partial charge in [0.25, 0.3) is 0 Å². The molecule has 1 unspecified atom stereocenters. The zero-order chi connectivity index (χ0) is 12.8. The molecule has 0 amide bonds. The van der Waals surface area contributed by atoms with Crippen LogP contribution in [-0.4, -0.2) is 41.1 Å². The van der Waals surface area contributed by atoms with Crippen LogP contribution in [-0.2, 0) is 0 Å². The number of nitrogens with zero attached hydrogens (tertiary/aromatic N) is 1. The van der Waals surface area contributed by atoms with Crippen LogP contribution in [0.25, 0.3) is 0 Å². The predicted molar refractivity (Wildman–Crippen MR) is 82.2 cm³/mol. The van der Waals surface area contributed by atoms with Crippen LogP contribution in [0.4, 0.5) is 0 Å². The first-order chi connectivity index (χ1) is 8.80. The Balaban J connectivity index is 2.03. The molecule has 18 heavy (non-hydrogen) atoms. The molecule has 0 radical (unpaired) electrons. The Morgan fingerprint density at radius 1 is 1.17 bits per heavy atom. The van der Waals surface area contributed by atoms with Crippen molar-refractivity contribution in [2.45, 2.75) is 69.1 Å². The molecule has 1 aliphatic heterocycles. The minimum Gasteiger partial charge on any atom is -0.329 e. The van der Waals surface area contributed by atoms with E-state index in [4.69, 9.17) is 5.73 Å². The molecule has 1 saturated heterocycles. The van der Waals surface area contributed by atoms with E-state index >= 15 is 0 Å². The molecule has 0 bridgehead atoms. The van der Waals surface area contributed by atoms with E-state index < -0.39 is 0 Å². The average molecular weight is 270 g/mol. The van der Waals surface area contributed by atoms with Crippen molar-refractivity contribution >= 4 is 11.8 Å². The third-order valence-corrected chi connectivity index (χ3v) is 6.30. The molecule has 1 aliphatic carbocycles. The monoisotopic (exact) mass is 270 g/mol. The Hall–Kier alpha value is 0.270. The second kappa shape index (κ2) is 7.16. The minimum absolute atomic E-state index is 0.342. The van der Waals surface area contributed by atoms with Gasteiger partial charge in [-0.1, -0.05) is 39.0 Å². The predicted octanol–water partition coefficient (Wildman–Crippen LogP) is 3.26. The summed E-state index contributed by atoms with van der Waals surface area (Å²) in [5.41, 5.74) is 6.57. The summed E-state index contributed by atoms with van der Waals surface area (Å²) in [6.45, 7) is 5.74. The highest BCUT2D eigenvalue weighted by atomic mass is 32.2. The Bertz CT molecular complexity index is 237. The zero-order valence-electron chi connectivity index (χ0n) is 12.0. The highest BCUT2D eigenvalue weighted by Gasteiger charge is 2.37. The van der Waals surface area contributed by atoms with Crippen molar-refractivity contribution in [1.29, 1.82) is 0 Å². The standard InChI is InChI=1S/C15H30N2S/c1-2-14-12-17(10-11-18-14)15(13-16)8-6-4-3-5-7-9-15/h14H,2-13,16H2,1H3. The molecule has 1 atom stereocenters. The maximum atomic E-state index is 6.23. The van der Waals surface area contributed by atoms with E-state index in [1.807, 2.05) is 0 Å². The van der Waals surface area contributed by atoms with Gasteiger partial charge in [0.1, 0.15) is 0 Å². The molecule has 2 fully saturated rings. The van der Waals surface area contributed by atoms with E-state index in [-0.39, 0.29) is 0 Å². The number of thioether (sulfide) groups is 1. The SMILES string of the molecule is CCC1CN(C2(CN)CCCCCCC2)CCS1. The molecule has 0 aromatic rings. The van der Waals surface area contributed by atoms with Crippen molar-refractivity contribution < 1.29 is 0 Å². The number of nitrogens with two attached hydrogens (primary N) is 1. The van der Waals surface area contributed by atoms with Crippen LogP contribution < -0.4 is 5.73 Å². The average Bonchev–Trinajstić information content (AvgIpc) is 2.39. The lowest BCUT2D eigenvalue weighted by atomic mass is 9.82. The van der Waals surface area contributed by atoms with Gasteiger partial charge in [0.05, 0.1) is 0 Å². The molecule has 2 aliphatic rings. The van der Waals surface area contributed by atoms with Crippen LogP contribution in [0, 0.1) is 0 Å². The first kappa shape index (κ1) is 14.7. The van der Waals surface area contributed by atoms with Crippen molar-refractivity contribution in [1.82, 2.24) is 4.90 Å². The maximum Gasteiger partial charge on any atom is 0.0332 e. The van der Waals surface area contributed by atoms with Gasteiger partial charge in [-0.25, -0.2) is 0 Å². The molecule has 106 valence electrons. The van der Waals surface area contributed by atoms with Crippen LogP contribution in [0.5, 0.6) is 0 Å². The van der Waals surface area contributed by atoms with Gasteiger partial charge in [-0.2, -0.15) is 11.8 Å². The zero-order valence-corrected chi connectivity index (χ0v) is 12.8. The highest BCUT2D eigenvalue weighted by molar-refractivity contribution is 8.00. The summed E-state index contributed by atoms with van der Waals surface area (Å²) in [5.74, 6) is 1.31. The lowest BCUT2D eigenvalue weighted by Crippen LogP contribution is -2.58. The largest absolute Gasteiger partial charge is 0.329 e. The van der Waals surface area contributed by atoms with Crippen molar-refractivity contribution in [3.63, 3.8) is 0 Å². The molecule has 0 spiro atoms. The summed E-state index contributed by atoms with van der Waals surface area (Å²) in [6, 6.07) is 0. The summed E-state index contributed by atoms with van der Waals surface area (Å²) >= 11 is 2.17. The van der Waals surface area contributed by atoms with Gasteiger partial charge >= 0.3 is 0 Å². The Kier molecular flexibility index (Phi) is 5.84. The van der Waals surface area contributed by atoms with E-state index in [1.54, 1.807) is 0 Å². The molecule has 3 heteroatoms. The third-order valence-electron chi connectivity index (χ3n) is 4.93.